The van der Waals surface area contributed by atoms with Crippen molar-refractivity contribution in [3.8, 4) is 0 Å². The van der Waals surface area contributed by atoms with E-state index < -0.39 is 0 Å². The van der Waals surface area contributed by atoms with Gasteiger partial charge < -0.3 is 4.42 Å². The summed E-state index contributed by atoms with van der Waals surface area (Å²) in [7, 11) is 0. The smallest absolute Gasteiger partial charge is 0.240 e. The Bertz CT molecular complexity index is 397. The molecule has 1 heterocycles. The van der Waals surface area contributed by atoms with Crippen LogP contribution in [0.1, 0.15) is 63.4 Å². The van der Waals surface area contributed by atoms with Gasteiger partial charge in [0.2, 0.25) is 5.91 Å². The molecule has 0 atom stereocenters. The van der Waals surface area contributed by atoms with E-state index in [9.17, 15) is 4.79 Å². The Balaban J connectivity index is 2.06. The van der Waals surface area contributed by atoms with Crippen LogP contribution in [0.2, 0.25) is 0 Å². The molecule has 0 aromatic carbocycles. The molecule has 0 fully saturated rings. The number of hydrazone groups is 1. The highest BCUT2D eigenvalue weighted by atomic mass is 16.3. The summed E-state index contributed by atoms with van der Waals surface area (Å²) in [6.45, 7) is 4.07. The fourth-order valence-electron chi connectivity index (χ4n) is 1.81. The second-order valence-corrected chi connectivity index (χ2v) is 4.76. The van der Waals surface area contributed by atoms with Gasteiger partial charge in [0.25, 0.3) is 0 Å². The van der Waals surface area contributed by atoms with Crippen molar-refractivity contribution in [3.05, 3.63) is 23.7 Å². The molecule has 1 N–H and O–H groups in total. The molecule has 1 aromatic rings. The predicted octanol–water partition coefficient (Wildman–Crippen LogP) is 3.79. The Hall–Kier alpha value is -1.58. The molecule has 0 aliphatic carbocycles. The van der Waals surface area contributed by atoms with Crippen molar-refractivity contribution in [2.24, 2.45) is 5.10 Å². The third-order valence-corrected chi connectivity index (χ3v) is 2.90. The lowest BCUT2D eigenvalue weighted by molar-refractivity contribution is -0.121. The molecule has 4 nitrogen and oxygen atoms in total. The largest absolute Gasteiger partial charge is 0.460 e. The monoisotopic (exact) mass is 264 g/mol. The molecule has 4 heteroatoms. The quantitative estimate of drug-likeness (QED) is 0.419. The van der Waals surface area contributed by atoms with E-state index in [1.807, 2.05) is 19.1 Å². The molecule has 0 spiro atoms. The van der Waals surface area contributed by atoms with Gasteiger partial charge in [-0.15, -0.1) is 0 Å². The number of rotatable bonds is 9. The minimum Gasteiger partial charge on any atom is -0.460 e. The SMILES string of the molecule is CCCCCCCCC(=O)NN=Cc1ccc(C)o1. The molecule has 0 saturated carbocycles. The van der Waals surface area contributed by atoms with E-state index in [-0.39, 0.29) is 5.91 Å². The van der Waals surface area contributed by atoms with Gasteiger partial charge in [-0.25, -0.2) is 5.43 Å². The van der Waals surface area contributed by atoms with Crippen molar-refractivity contribution >= 4 is 12.1 Å². The van der Waals surface area contributed by atoms with Crippen LogP contribution >= 0.6 is 0 Å². The van der Waals surface area contributed by atoms with Crippen LogP contribution in [-0.2, 0) is 4.79 Å². The number of aryl methyl sites for hydroxylation is 1. The number of carbonyl (C=O) groups excluding carboxylic acids is 1. The van der Waals surface area contributed by atoms with E-state index in [1.54, 1.807) is 0 Å². The number of hydrogen-bond donors (Lipinski definition) is 1. The van der Waals surface area contributed by atoms with Crippen LogP contribution in [0.3, 0.4) is 0 Å². The Morgan fingerprint density at radius 1 is 1.26 bits per heavy atom. The molecule has 0 aliphatic heterocycles. The summed E-state index contributed by atoms with van der Waals surface area (Å²) in [6, 6.07) is 3.68. The van der Waals surface area contributed by atoms with E-state index in [4.69, 9.17) is 4.42 Å². The molecule has 1 amide bonds. The minimum absolute atomic E-state index is 0.0324. The molecular formula is C15H24N2O2. The predicted molar refractivity (Wildman–Crippen MR) is 77.2 cm³/mol. The van der Waals surface area contributed by atoms with Crippen LogP contribution in [0, 0.1) is 6.92 Å². The standard InChI is InChI=1S/C15H24N2O2/c1-3-4-5-6-7-8-9-15(18)17-16-12-14-11-10-13(2)19-14/h10-12H,3-9H2,1-2H3,(H,17,18). The zero-order valence-electron chi connectivity index (χ0n) is 11.9. The van der Waals surface area contributed by atoms with Gasteiger partial charge in [-0.3, -0.25) is 4.79 Å². The van der Waals surface area contributed by atoms with E-state index in [1.165, 1.54) is 31.9 Å². The fourth-order valence-corrected chi connectivity index (χ4v) is 1.81. The Morgan fingerprint density at radius 2 is 2.00 bits per heavy atom. The first kappa shape index (κ1) is 15.5. The van der Waals surface area contributed by atoms with Crippen LogP contribution in [0.25, 0.3) is 0 Å². The minimum atomic E-state index is -0.0324. The number of unbranched alkanes of at least 4 members (excludes halogenated alkanes) is 5. The van der Waals surface area contributed by atoms with Crippen LogP contribution < -0.4 is 5.43 Å². The van der Waals surface area contributed by atoms with Crippen LogP contribution in [0.5, 0.6) is 0 Å². The first-order valence-electron chi connectivity index (χ1n) is 7.10. The first-order chi connectivity index (χ1) is 9.22. The lowest BCUT2D eigenvalue weighted by Crippen LogP contribution is -2.16. The van der Waals surface area contributed by atoms with Crippen molar-refractivity contribution in [2.75, 3.05) is 0 Å². The summed E-state index contributed by atoms with van der Waals surface area (Å²) in [4.78, 5) is 11.5. The topological polar surface area (TPSA) is 54.6 Å². The van der Waals surface area contributed by atoms with Crippen molar-refractivity contribution in [1.82, 2.24) is 5.43 Å². The van der Waals surface area contributed by atoms with E-state index >= 15 is 0 Å². The number of amides is 1. The van der Waals surface area contributed by atoms with Crippen molar-refractivity contribution in [2.45, 2.75) is 58.8 Å². The van der Waals surface area contributed by atoms with E-state index in [2.05, 4.69) is 17.5 Å². The lowest BCUT2D eigenvalue weighted by Gasteiger charge is -2.00. The van der Waals surface area contributed by atoms with Crippen LogP contribution in [0.4, 0.5) is 0 Å². The molecule has 106 valence electrons. The molecule has 0 unspecified atom stereocenters. The van der Waals surface area contributed by atoms with Crippen LogP contribution in [0.15, 0.2) is 21.7 Å². The summed E-state index contributed by atoms with van der Waals surface area (Å²) < 4.78 is 5.30. The maximum absolute atomic E-state index is 11.5. The van der Waals surface area contributed by atoms with E-state index in [0.717, 1.165) is 18.6 Å². The third-order valence-electron chi connectivity index (χ3n) is 2.90. The second kappa shape index (κ2) is 9.36. The van der Waals surface area contributed by atoms with Gasteiger partial charge in [0.15, 0.2) is 0 Å². The van der Waals surface area contributed by atoms with Gasteiger partial charge in [0.05, 0.1) is 6.21 Å². The van der Waals surface area contributed by atoms with E-state index in [0.29, 0.717) is 12.2 Å². The van der Waals surface area contributed by atoms with Gasteiger partial charge in [-0.1, -0.05) is 39.0 Å². The molecular weight excluding hydrogens is 240 g/mol. The normalized spacial score (nSPS) is 11.1. The molecule has 0 bridgehead atoms. The molecule has 0 aliphatic rings. The highest BCUT2D eigenvalue weighted by molar-refractivity contribution is 5.80. The molecule has 0 saturated heterocycles. The average molecular weight is 264 g/mol. The third kappa shape index (κ3) is 7.44. The zero-order valence-corrected chi connectivity index (χ0v) is 11.9. The molecule has 0 radical (unpaired) electrons. The lowest BCUT2D eigenvalue weighted by atomic mass is 10.1. The van der Waals surface area contributed by atoms with Gasteiger partial charge in [-0.05, 0) is 25.5 Å². The second-order valence-electron chi connectivity index (χ2n) is 4.76. The Morgan fingerprint density at radius 3 is 2.68 bits per heavy atom. The number of hydrogen-bond acceptors (Lipinski definition) is 3. The molecule has 1 aromatic heterocycles. The number of carbonyl (C=O) groups is 1. The number of nitrogens with one attached hydrogen (secondary N) is 1. The maximum atomic E-state index is 11.5. The number of furan rings is 1. The van der Waals surface area contributed by atoms with Gasteiger partial charge in [-0.2, -0.15) is 5.10 Å². The average Bonchev–Trinajstić information content (AvgIpc) is 2.79. The molecule has 19 heavy (non-hydrogen) atoms. The van der Waals surface area contributed by atoms with Crippen molar-refractivity contribution < 1.29 is 9.21 Å². The number of nitrogens with zero attached hydrogens (tertiary/aromatic N) is 1. The fraction of sp³-hybridized carbons (Fsp3) is 0.600. The zero-order chi connectivity index (χ0) is 13.9. The van der Waals surface area contributed by atoms with Gasteiger partial charge >= 0.3 is 0 Å². The summed E-state index contributed by atoms with van der Waals surface area (Å²) in [5.41, 5.74) is 2.51. The van der Waals surface area contributed by atoms with Gasteiger partial charge in [0.1, 0.15) is 11.5 Å². The highest BCUT2D eigenvalue weighted by Crippen LogP contribution is 2.06. The van der Waals surface area contributed by atoms with Crippen molar-refractivity contribution in [3.63, 3.8) is 0 Å². The first-order valence-corrected chi connectivity index (χ1v) is 7.10. The Labute approximate surface area is 115 Å². The summed E-state index contributed by atoms with van der Waals surface area (Å²) in [6.07, 6.45) is 9.15. The summed E-state index contributed by atoms with van der Waals surface area (Å²) in [5, 5.41) is 3.86. The summed E-state index contributed by atoms with van der Waals surface area (Å²) in [5.74, 6) is 1.45. The maximum Gasteiger partial charge on any atom is 0.240 e. The van der Waals surface area contributed by atoms with Gasteiger partial charge in [0, 0.05) is 6.42 Å². The molecule has 1 rings (SSSR count). The Kier molecular flexibility index (Phi) is 7.63. The van der Waals surface area contributed by atoms with Crippen molar-refractivity contribution in [1.29, 1.82) is 0 Å². The van der Waals surface area contributed by atoms with Crippen LogP contribution in [-0.4, -0.2) is 12.1 Å². The summed E-state index contributed by atoms with van der Waals surface area (Å²) >= 11 is 0. The highest BCUT2D eigenvalue weighted by Gasteiger charge is 1.99.